The monoisotopic (exact) mass is 402 g/mol. The van der Waals surface area contributed by atoms with Gasteiger partial charge in [0.2, 0.25) is 11.8 Å². The van der Waals surface area contributed by atoms with Crippen LogP contribution < -0.4 is 10.2 Å². The highest BCUT2D eigenvalue weighted by molar-refractivity contribution is 5.94. The number of nitrogens with zero attached hydrogens (tertiary/aromatic N) is 3. The summed E-state index contributed by atoms with van der Waals surface area (Å²) in [6.45, 7) is 10.4. The second-order valence-corrected chi connectivity index (χ2v) is 8.06. The van der Waals surface area contributed by atoms with Gasteiger partial charge in [0, 0.05) is 31.0 Å². The minimum absolute atomic E-state index is 0.0277. The number of piperidine rings is 1. The second kappa shape index (κ2) is 10.6. The first kappa shape index (κ1) is 21.6. The fourth-order valence-corrected chi connectivity index (χ4v) is 3.84. The van der Waals surface area contributed by atoms with Crippen molar-refractivity contribution in [3.05, 3.63) is 24.3 Å². The number of hydrogen-bond acceptors (Lipinski definition) is 5. The lowest BCUT2D eigenvalue weighted by molar-refractivity contribution is -0.135. The van der Waals surface area contributed by atoms with Crippen LogP contribution in [0.25, 0.3) is 0 Å². The number of ether oxygens (including phenoxy) is 1. The molecular weight excluding hydrogens is 368 g/mol. The van der Waals surface area contributed by atoms with Crippen LogP contribution in [0, 0.1) is 5.92 Å². The van der Waals surface area contributed by atoms with Crippen molar-refractivity contribution in [2.24, 2.45) is 5.92 Å². The van der Waals surface area contributed by atoms with Gasteiger partial charge in [-0.3, -0.25) is 14.5 Å². The van der Waals surface area contributed by atoms with E-state index in [0.717, 1.165) is 69.5 Å². The van der Waals surface area contributed by atoms with Crippen molar-refractivity contribution in [2.45, 2.75) is 26.7 Å². The number of hydrogen-bond donors (Lipinski definition) is 1. The van der Waals surface area contributed by atoms with Crippen LogP contribution in [0.1, 0.15) is 26.7 Å². The Hall–Kier alpha value is -2.12. The van der Waals surface area contributed by atoms with Crippen LogP contribution >= 0.6 is 0 Å². The van der Waals surface area contributed by atoms with Gasteiger partial charge in [-0.15, -0.1) is 0 Å². The van der Waals surface area contributed by atoms with Gasteiger partial charge in [-0.05, 0) is 63.0 Å². The Bertz CT molecular complexity index is 665. The van der Waals surface area contributed by atoms with Crippen molar-refractivity contribution in [1.82, 2.24) is 9.80 Å². The molecular formula is C22H34N4O3. The highest BCUT2D eigenvalue weighted by atomic mass is 16.5. The molecule has 0 spiro atoms. The Morgan fingerprint density at radius 3 is 2.38 bits per heavy atom. The van der Waals surface area contributed by atoms with E-state index in [1.165, 1.54) is 0 Å². The van der Waals surface area contributed by atoms with Crippen LogP contribution in [-0.2, 0) is 14.3 Å². The molecule has 160 valence electrons. The summed E-state index contributed by atoms with van der Waals surface area (Å²) < 4.78 is 5.38. The molecule has 2 aliphatic rings. The van der Waals surface area contributed by atoms with E-state index in [1.54, 1.807) is 4.90 Å². The van der Waals surface area contributed by atoms with Crippen LogP contribution in [0.15, 0.2) is 24.3 Å². The Labute approximate surface area is 174 Å². The maximum Gasteiger partial charge on any atom is 0.243 e. The average Bonchev–Trinajstić information content (AvgIpc) is 2.74. The Kier molecular flexibility index (Phi) is 7.89. The van der Waals surface area contributed by atoms with E-state index in [2.05, 4.69) is 22.0 Å². The molecule has 29 heavy (non-hydrogen) atoms. The van der Waals surface area contributed by atoms with Gasteiger partial charge >= 0.3 is 0 Å². The number of morpholine rings is 1. The minimum atomic E-state index is -0.161. The van der Waals surface area contributed by atoms with Crippen molar-refractivity contribution in [1.29, 1.82) is 0 Å². The summed E-state index contributed by atoms with van der Waals surface area (Å²) in [5, 5.41) is 2.91. The molecule has 0 aromatic heterocycles. The summed E-state index contributed by atoms with van der Waals surface area (Å²) in [5.41, 5.74) is 1.88. The fourth-order valence-electron chi connectivity index (χ4n) is 3.84. The maximum absolute atomic E-state index is 12.6. The Morgan fingerprint density at radius 1 is 1.10 bits per heavy atom. The molecule has 0 saturated carbocycles. The summed E-state index contributed by atoms with van der Waals surface area (Å²) in [6.07, 6.45) is 2.28. The van der Waals surface area contributed by atoms with Crippen LogP contribution in [-0.4, -0.2) is 80.6 Å². The number of rotatable bonds is 7. The smallest absolute Gasteiger partial charge is 0.243 e. The Balaban J connectivity index is 1.47. The predicted molar refractivity (Wildman–Crippen MR) is 115 cm³/mol. The van der Waals surface area contributed by atoms with Crippen LogP contribution in [0.4, 0.5) is 11.4 Å². The molecule has 0 bridgehead atoms. The van der Waals surface area contributed by atoms with Gasteiger partial charge in [0.15, 0.2) is 0 Å². The molecule has 7 heteroatoms. The molecule has 1 aromatic rings. The summed E-state index contributed by atoms with van der Waals surface area (Å²) in [4.78, 5) is 31.2. The number of carbonyl (C=O) groups excluding carboxylic acids is 2. The van der Waals surface area contributed by atoms with E-state index in [0.29, 0.717) is 13.1 Å². The van der Waals surface area contributed by atoms with Crippen LogP contribution in [0.5, 0.6) is 0 Å². The normalized spacial score (nSPS) is 18.5. The van der Waals surface area contributed by atoms with E-state index >= 15 is 0 Å². The molecule has 2 aliphatic heterocycles. The molecule has 3 rings (SSSR count). The lowest BCUT2D eigenvalue weighted by Gasteiger charge is -2.31. The zero-order chi connectivity index (χ0) is 20.6. The van der Waals surface area contributed by atoms with Gasteiger partial charge in [0.05, 0.1) is 26.3 Å². The Morgan fingerprint density at radius 2 is 1.76 bits per heavy atom. The van der Waals surface area contributed by atoms with Crippen molar-refractivity contribution in [3.63, 3.8) is 0 Å². The number of amides is 2. The third-order valence-electron chi connectivity index (χ3n) is 5.83. The zero-order valence-electron chi connectivity index (χ0n) is 17.7. The van der Waals surface area contributed by atoms with E-state index in [-0.39, 0.29) is 18.4 Å². The first-order chi connectivity index (χ1) is 14.0. The van der Waals surface area contributed by atoms with Crippen molar-refractivity contribution >= 4 is 23.2 Å². The number of nitrogens with one attached hydrogen (secondary N) is 1. The number of carbonyl (C=O) groups is 2. The van der Waals surface area contributed by atoms with Gasteiger partial charge in [-0.2, -0.15) is 0 Å². The average molecular weight is 403 g/mol. The lowest BCUT2D eigenvalue weighted by Crippen LogP contribution is -2.45. The molecule has 7 nitrogen and oxygen atoms in total. The third kappa shape index (κ3) is 6.44. The number of benzene rings is 1. The molecule has 0 atom stereocenters. The predicted octanol–water partition coefficient (Wildman–Crippen LogP) is 2.04. The van der Waals surface area contributed by atoms with Gasteiger partial charge in [0.25, 0.3) is 0 Å². The number of likely N-dealkylation sites (N-methyl/N-ethyl adjacent to an activating group) is 1. The van der Waals surface area contributed by atoms with Crippen molar-refractivity contribution in [2.75, 3.05) is 69.2 Å². The van der Waals surface area contributed by atoms with E-state index in [9.17, 15) is 9.59 Å². The van der Waals surface area contributed by atoms with E-state index in [4.69, 9.17) is 4.74 Å². The summed E-state index contributed by atoms with van der Waals surface area (Å²) in [5.74, 6) is 0.607. The molecule has 0 radical (unpaired) electrons. The molecule has 1 N–H and O–H groups in total. The summed E-state index contributed by atoms with van der Waals surface area (Å²) in [7, 11) is 0. The van der Waals surface area contributed by atoms with Crippen molar-refractivity contribution < 1.29 is 14.3 Å². The van der Waals surface area contributed by atoms with E-state index in [1.807, 2.05) is 31.2 Å². The molecule has 1 aromatic carbocycles. The highest BCUT2D eigenvalue weighted by Crippen LogP contribution is 2.19. The van der Waals surface area contributed by atoms with Gasteiger partial charge in [0.1, 0.15) is 0 Å². The van der Waals surface area contributed by atoms with E-state index < -0.39 is 0 Å². The topological polar surface area (TPSA) is 65.1 Å². The zero-order valence-corrected chi connectivity index (χ0v) is 17.7. The van der Waals surface area contributed by atoms with Gasteiger partial charge < -0.3 is 19.9 Å². The largest absolute Gasteiger partial charge is 0.378 e. The molecule has 2 heterocycles. The summed E-state index contributed by atoms with van der Waals surface area (Å²) in [6, 6.07) is 7.85. The summed E-state index contributed by atoms with van der Waals surface area (Å²) >= 11 is 0. The highest BCUT2D eigenvalue weighted by Gasteiger charge is 2.22. The van der Waals surface area contributed by atoms with Gasteiger partial charge in [-0.25, -0.2) is 0 Å². The lowest BCUT2D eigenvalue weighted by atomic mass is 9.99. The number of likely N-dealkylation sites (tertiary alicyclic amines) is 1. The molecule has 0 unspecified atom stereocenters. The fraction of sp³-hybridized carbons (Fsp3) is 0.636. The standard InChI is InChI=1S/C22H34N4O3/c1-3-25(22(28)17-24-10-8-18(2)9-11-24)16-21(27)23-19-4-6-20(7-5-19)26-12-14-29-15-13-26/h4-7,18H,3,8-17H2,1-2H3,(H,23,27). The van der Waals surface area contributed by atoms with Crippen molar-refractivity contribution in [3.8, 4) is 0 Å². The third-order valence-corrected chi connectivity index (χ3v) is 5.83. The molecule has 2 amide bonds. The first-order valence-corrected chi connectivity index (χ1v) is 10.8. The molecule has 0 aliphatic carbocycles. The second-order valence-electron chi connectivity index (χ2n) is 8.06. The molecule has 2 saturated heterocycles. The quantitative estimate of drug-likeness (QED) is 0.756. The maximum atomic E-state index is 12.6. The van der Waals surface area contributed by atoms with Gasteiger partial charge in [-0.1, -0.05) is 6.92 Å². The van der Waals surface area contributed by atoms with Crippen LogP contribution in [0.3, 0.4) is 0 Å². The molecule has 2 fully saturated rings. The van der Waals surface area contributed by atoms with Crippen LogP contribution in [0.2, 0.25) is 0 Å². The first-order valence-electron chi connectivity index (χ1n) is 10.8. The minimum Gasteiger partial charge on any atom is -0.378 e. The number of anilines is 2. The SMILES string of the molecule is CCN(CC(=O)Nc1ccc(N2CCOCC2)cc1)C(=O)CN1CCC(C)CC1.